The van der Waals surface area contributed by atoms with Gasteiger partial charge in [0.1, 0.15) is 9.75 Å². The van der Waals surface area contributed by atoms with Gasteiger partial charge >= 0.3 is 36.7 Å². The quantitative estimate of drug-likeness (QED) is 0.326. The molecule has 5 nitrogen and oxygen atoms in total. The summed E-state index contributed by atoms with van der Waals surface area (Å²) in [7, 11) is 7.12. The summed E-state index contributed by atoms with van der Waals surface area (Å²) in [4.78, 5) is 23.3. The Morgan fingerprint density at radius 3 is 2.04 bits per heavy atom. The van der Waals surface area contributed by atoms with Gasteiger partial charge < -0.3 is 9.47 Å². The number of carbonyl (C=O) groups is 2. The summed E-state index contributed by atoms with van der Waals surface area (Å²) in [5.41, 5.74) is 1.97. The van der Waals surface area contributed by atoms with Crippen LogP contribution in [-0.2, 0) is 14.8 Å². The molecule has 129 valence electrons. The summed E-state index contributed by atoms with van der Waals surface area (Å²) in [6.45, 7) is 1.89. The molecule has 2 heterocycles. The van der Waals surface area contributed by atoms with Crippen molar-refractivity contribution in [2.75, 3.05) is 14.2 Å². The van der Waals surface area contributed by atoms with E-state index >= 15 is 0 Å². The van der Waals surface area contributed by atoms with Crippen LogP contribution < -0.4 is 0 Å². The van der Waals surface area contributed by atoms with Gasteiger partial charge in [-0.25, -0.2) is 9.59 Å². The molecule has 0 aliphatic rings. The van der Waals surface area contributed by atoms with Gasteiger partial charge in [-0.2, -0.15) is 0 Å². The molecule has 2 aromatic rings. The Morgan fingerprint density at radius 2 is 1.62 bits per heavy atom. The Hall–Kier alpha value is -0.965. The molecule has 0 aliphatic heterocycles. The van der Waals surface area contributed by atoms with Crippen molar-refractivity contribution < 1.29 is 19.1 Å². The number of esters is 2. The zero-order valence-corrected chi connectivity index (χ0v) is 17.4. The van der Waals surface area contributed by atoms with Crippen LogP contribution in [0.2, 0.25) is 0 Å². The van der Waals surface area contributed by atoms with Gasteiger partial charge in [-0.1, -0.05) is 15.9 Å². The molecule has 0 saturated heterocycles. The van der Waals surface area contributed by atoms with Crippen LogP contribution in [0.3, 0.4) is 0 Å². The first-order valence-electron chi connectivity index (χ1n) is 6.34. The molecule has 24 heavy (non-hydrogen) atoms. The maximum absolute atomic E-state index is 11.0. The van der Waals surface area contributed by atoms with Gasteiger partial charge in [0.05, 0.1) is 14.2 Å². The van der Waals surface area contributed by atoms with E-state index in [1.165, 1.54) is 36.9 Å². The molecule has 0 unspecified atom stereocenters. The molecule has 0 N–H and O–H groups in total. The number of hydrogen-bond donors (Lipinski definition) is 1. The van der Waals surface area contributed by atoms with Crippen molar-refractivity contribution in [3.8, 4) is 0 Å². The van der Waals surface area contributed by atoms with Gasteiger partial charge in [0, 0.05) is 5.33 Å². The average molecular weight is 449 g/mol. The molecule has 0 amide bonds. The summed E-state index contributed by atoms with van der Waals surface area (Å²) in [6, 6.07) is 3.81. The van der Waals surface area contributed by atoms with E-state index in [1.807, 2.05) is 29.8 Å². The normalized spacial score (nSPS) is 8.83. The molecule has 0 aromatic carbocycles. The van der Waals surface area contributed by atoms with Crippen molar-refractivity contribution in [1.82, 2.24) is 0 Å². The number of aryl methyl sites for hydroxylation is 1. The first-order valence-corrected chi connectivity index (χ1v) is 9.62. The summed E-state index contributed by atoms with van der Waals surface area (Å²) in [6.07, 6.45) is 0. The molecule has 2 aromatic heterocycles. The first-order chi connectivity index (χ1) is 11.5. The zero-order chi connectivity index (χ0) is 18.5. The second-order valence-corrected chi connectivity index (χ2v) is 6.56. The van der Waals surface area contributed by atoms with E-state index in [4.69, 9.17) is 0 Å². The number of methoxy groups -OCH3 is 2. The predicted octanol–water partition coefficient (Wildman–Crippen LogP) is 4.46. The Morgan fingerprint density at radius 1 is 1.17 bits per heavy atom. The van der Waals surface area contributed by atoms with E-state index in [2.05, 4.69) is 50.2 Å². The Bertz CT molecular complexity index is 660. The van der Waals surface area contributed by atoms with Crippen LogP contribution in [0.4, 0.5) is 0 Å². The van der Waals surface area contributed by atoms with Crippen LogP contribution in [0.1, 0.15) is 30.5 Å². The summed E-state index contributed by atoms with van der Waals surface area (Å²) in [5, 5.41) is 4.45. The van der Waals surface area contributed by atoms with E-state index in [0.29, 0.717) is 15.1 Å². The van der Waals surface area contributed by atoms with Gasteiger partial charge in [-0.15, -0.1) is 22.7 Å². The van der Waals surface area contributed by atoms with Crippen molar-refractivity contribution in [3.63, 3.8) is 0 Å². The van der Waals surface area contributed by atoms with E-state index < -0.39 is 0 Å². The third kappa shape index (κ3) is 7.74. The van der Waals surface area contributed by atoms with Crippen LogP contribution in [0.5, 0.6) is 0 Å². The van der Waals surface area contributed by atoms with Gasteiger partial charge in [0.25, 0.3) is 0 Å². The summed E-state index contributed by atoms with van der Waals surface area (Å²) < 4.78 is 11.8. The Labute approximate surface area is 164 Å². The van der Waals surface area contributed by atoms with Crippen LogP contribution in [0.15, 0.2) is 27.2 Å². The third-order valence-electron chi connectivity index (χ3n) is 2.49. The second kappa shape index (κ2) is 13.3. The second-order valence-electron chi connectivity index (χ2n) is 3.94. The van der Waals surface area contributed by atoms with Crippen LogP contribution >= 0.6 is 51.4 Å². The molecule has 1 radical (unpaired) electrons. The van der Waals surface area contributed by atoms with Gasteiger partial charge in [-0.3, -0.25) is 0 Å². The third-order valence-corrected chi connectivity index (χ3v) is 5.03. The van der Waals surface area contributed by atoms with Gasteiger partial charge in [0.15, 0.2) is 0 Å². The monoisotopic (exact) mass is 448 g/mol. The standard InChI is InChI=1S/C7H7BrO2S.C7H8O2S.BHNS/c1-10-7(9)6-5(4-8)2-3-11-6;1-5-3-4-10-6(5)7(8)9-2;1-2-3/h2-3H,4H2,1H3;3-4H,1-2H3;3H. The predicted molar refractivity (Wildman–Crippen MR) is 106 cm³/mol. The van der Waals surface area contributed by atoms with Gasteiger partial charge in [0.2, 0.25) is 0 Å². The number of nitrogens with zero attached hydrogens (tertiary/aromatic N) is 1. The van der Waals surface area contributed by atoms with Gasteiger partial charge in [-0.05, 0) is 40.9 Å². The van der Waals surface area contributed by atoms with Crippen molar-refractivity contribution in [1.29, 1.82) is 0 Å². The van der Waals surface area contributed by atoms with Crippen LogP contribution in [0.25, 0.3) is 0 Å². The Kier molecular flexibility index (Phi) is 12.8. The fourth-order valence-electron chi connectivity index (χ4n) is 1.39. The molecule has 0 saturated carbocycles. The number of hydrogen-bond acceptors (Lipinski definition) is 8. The van der Waals surface area contributed by atoms with E-state index in [1.54, 1.807) is 0 Å². The molecule has 0 spiro atoms. The SMILES string of the molecule is COC(=O)c1sccc1C.COC(=O)c1sccc1CBr.[B]=NS. The Balaban J connectivity index is 0.000000381. The van der Waals surface area contributed by atoms with E-state index in [-0.39, 0.29) is 11.9 Å². The fourth-order valence-corrected chi connectivity index (χ4v) is 3.72. The number of alkyl halides is 1. The number of rotatable bonds is 3. The molecule has 0 fully saturated rings. The average Bonchev–Trinajstić information content (AvgIpc) is 3.23. The van der Waals surface area contributed by atoms with E-state index in [0.717, 1.165) is 11.1 Å². The molecule has 10 heteroatoms. The van der Waals surface area contributed by atoms with E-state index in [9.17, 15) is 9.59 Å². The number of halogens is 1. The summed E-state index contributed by atoms with van der Waals surface area (Å²) in [5.74, 6) is -0.498. The fraction of sp³-hybridized carbons (Fsp3) is 0.286. The summed E-state index contributed by atoms with van der Waals surface area (Å²) >= 11 is 9.29. The molecule has 2 rings (SSSR count). The zero-order valence-electron chi connectivity index (χ0n) is 13.3. The maximum atomic E-state index is 11.0. The first kappa shape index (κ1) is 23.0. The molecular formula is C14H16BBrNO4S3. The number of ether oxygens (including phenoxy) is 2. The van der Waals surface area contributed by atoms with Crippen molar-refractivity contribution in [3.05, 3.63) is 43.8 Å². The number of carbonyl (C=O) groups excluding carboxylic acids is 2. The van der Waals surface area contributed by atoms with Crippen molar-refractivity contribution >= 4 is 71.0 Å². The number of thiophene rings is 2. The minimum atomic E-state index is -0.255. The minimum absolute atomic E-state index is 0.243. The molecule has 0 bridgehead atoms. The van der Waals surface area contributed by atoms with Crippen molar-refractivity contribution in [2.45, 2.75) is 12.3 Å². The topological polar surface area (TPSA) is 65.0 Å². The van der Waals surface area contributed by atoms with Crippen LogP contribution in [0, 0.1) is 6.92 Å². The molecule has 0 atom stereocenters. The van der Waals surface area contributed by atoms with Crippen LogP contribution in [-0.4, -0.2) is 33.8 Å². The number of thiol groups is 1. The van der Waals surface area contributed by atoms with Crippen molar-refractivity contribution in [2.24, 2.45) is 4.30 Å². The molecule has 0 aliphatic carbocycles. The molecular weight excluding hydrogens is 433 g/mol.